The second-order valence-electron chi connectivity index (χ2n) is 4.77. The monoisotopic (exact) mass is 258 g/mol. The molecule has 0 heterocycles. The van der Waals surface area contributed by atoms with Crippen LogP contribution in [0.3, 0.4) is 0 Å². The quantitative estimate of drug-likeness (QED) is 0.871. The van der Waals surface area contributed by atoms with Crippen LogP contribution in [0, 0.1) is 0 Å². The van der Waals surface area contributed by atoms with Gasteiger partial charge in [0, 0.05) is 18.6 Å². The van der Waals surface area contributed by atoms with Crippen molar-refractivity contribution >= 4 is 0 Å². The van der Waals surface area contributed by atoms with Crippen LogP contribution in [0.15, 0.2) is 24.3 Å². The summed E-state index contributed by atoms with van der Waals surface area (Å²) in [6, 6.07) is 5.33. The van der Waals surface area contributed by atoms with Crippen molar-refractivity contribution in [3.05, 3.63) is 35.4 Å². The van der Waals surface area contributed by atoms with Crippen LogP contribution < -0.4 is 11.1 Å². The maximum absolute atomic E-state index is 12.6. The van der Waals surface area contributed by atoms with Gasteiger partial charge >= 0.3 is 6.18 Å². The Kier molecular flexibility index (Phi) is 3.92. The first-order chi connectivity index (χ1) is 8.47. The smallest absolute Gasteiger partial charge is 0.323 e. The number of nitrogens with two attached hydrogens (primary N) is 1. The van der Waals surface area contributed by atoms with Crippen LogP contribution in [0.2, 0.25) is 0 Å². The Labute approximate surface area is 104 Å². The van der Waals surface area contributed by atoms with Gasteiger partial charge in [0.15, 0.2) is 0 Å². The van der Waals surface area contributed by atoms with Gasteiger partial charge in [-0.15, -0.1) is 0 Å². The molecule has 0 aliphatic heterocycles. The Balaban J connectivity index is 1.98. The largest absolute Gasteiger partial charge is 0.416 e. The highest BCUT2D eigenvalue weighted by Gasteiger charge is 2.30. The minimum Gasteiger partial charge on any atom is -0.323 e. The molecule has 0 amide bonds. The standard InChI is InChI=1S/C13H17F3N2/c14-13(15,16)10-4-1-3-9(7-10)12(17)8-18-11-5-2-6-11/h1,3-4,7,11-12,18H,2,5-6,8,17H2. The van der Waals surface area contributed by atoms with Crippen LogP contribution in [0.1, 0.15) is 36.4 Å². The first-order valence-electron chi connectivity index (χ1n) is 6.13. The van der Waals surface area contributed by atoms with Crippen LogP contribution in [0.25, 0.3) is 0 Å². The summed E-state index contributed by atoms with van der Waals surface area (Å²) in [5.41, 5.74) is 5.79. The molecule has 2 nitrogen and oxygen atoms in total. The summed E-state index contributed by atoms with van der Waals surface area (Å²) in [4.78, 5) is 0. The molecule has 1 aromatic rings. The lowest BCUT2D eigenvalue weighted by Crippen LogP contribution is -2.39. The zero-order chi connectivity index (χ0) is 13.2. The van der Waals surface area contributed by atoms with Crippen molar-refractivity contribution in [1.82, 2.24) is 5.32 Å². The number of hydrogen-bond donors (Lipinski definition) is 2. The lowest BCUT2D eigenvalue weighted by molar-refractivity contribution is -0.137. The molecule has 0 bridgehead atoms. The highest BCUT2D eigenvalue weighted by atomic mass is 19.4. The third-order valence-electron chi connectivity index (χ3n) is 3.37. The first-order valence-corrected chi connectivity index (χ1v) is 6.13. The molecule has 1 aliphatic rings. The Morgan fingerprint density at radius 3 is 2.61 bits per heavy atom. The van der Waals surface area contributed by atoms with Crippen molar-refractivity contribution in [3.63, 3.8) is 0 Å². The van der Waals surface area contributed by atoms with E-state index >= 15 is 0 Å². The van der Waals surface area contributed by atoms with Crippen LogP contribution in [-0.4, -0.2) is 12.6 Å². The molecule has 0 radical (unpaired) electrons. The first kappa shape index (κ1) is 13.4. The van der Waals surface area contributed by atoms with E-state index in [1.165, 1.54) is 12.5 Å². The highest BCUT2D eigenvalue weighted by Crippen LogP contribution is 2.30. The van der Waals surface area contributed by atoms with Crippen molar-refractivity contribution in [3.8, 4) is 0 Å². The van der Waals surface area contributed by atoms with Gasteiger partial charge in [-0.05, 0) is 30.5 Å². The molecule has 18 heavy (non-hydrogen) atoms. The summed E-state index contributed by atoms with van der Waals surface area (Å²) in [6.45, 7) is 0.520. The van der Waals surface area contributed by atoms with E-state index in [-0.39, 0.29) is 0 Å². The van der Waals surface area contributed by atoms with Gasteiger partial charge in [0.05, 0.1) is 5.56 Å². The Hall–Kier alpha value is -1.07. The van der Waals surface area contributed by atoms with Crippen LogP contribution in [0.5, 0.6) is 0 Å². The van der Waals surface area contributed by atoms with Crippen molar-refractivity contribution in [2.24, 2.45) is 5.73 Å². The highest BCUT2D eigenvalue weighted by molar-refractivity contribution is 5.28. The topological polar surface area (TPSA) is 38.0 Å². The van der Waals surface area contributed by atoms with Crippen molar-refractivity contribution < 1.29 is 13.2 Å². The van der Waals surface area contributed by atoms with Gasteiger partial charge in [-0.3, -0.25) is 0 Å². The summed E-state index contributed by atoms with van der Waals surface area (Å²) in [5.74, 6) is 0. The molecule has 0 aromatic heterocycles. The molecular weight excluding hydrogens is 241 g/mol. The van der Waals surface area contributed by atoms with E-state index in [1.807, 2.05) is 0 Å². The minimum absolute atomic E-state index is 0.395. The molecule has 5 heteroatoms. The van der Waals surface area contributed by atoms with Gasteiger partial charge in [0.1, 0.15) is 0 Å². The summed E-state index contributed by atoms with van der Waals surface area (Å²) in [7, 11) is 0. The van der Waals surface area contributed by atoms with E-state index in [9.17, 15) is 13.2 Å². The summed E-state index contributed by atoms with van der Waals surface area (Å²) in [6.07, 6.45) is -0.821. The van der Waals surface area contributed by atoms with E-state index in [4.69, 9.17) is 5.73 Å². The van der Waals surface area contributed by atoms with Crippen LogP contribution in [0.4, 0.5) is 13.2 Å². The van der Waals surface area contributed by atoms with Crippen molar-refractivity contribution in [1.29, 1.82) is 0 Å². The molecule has 1 aliphatic carbocycles. The number of rotatable bonds is 4. The zero-order valence-corrected chi connectivity index (χ0v) is 10.0. The molecule has 1 fully saturated rings. The van der Waals surface area contributed by atoms with E-state index in [1.54, 1.807) is 6.07 Å². The molecule has 3 N–H and O–H groups in total. The maximum Gasteiger partial charge on any atom is 0.416 e. The fraction of sp³-hybridized carbons (Fsp3) is 0.538. The van der Waals surface area contributed by atoms with E-state index in [2.05, 4.69) is 5.32 Å². The molecule has 0 saturated heterocycles. The third-order valence-corrected chi connectivity index (χ3v) is 3.37. The predicted molar refractivity (Wildman–Crippen MR) is 64.0 cm³/mol. The lowest BCUT2D eigenvalue weighted by Gasteiger charge is -2.28. The summed E-state index contributed by atoms with van der Waals surface area (Å²) < 4.78 is 37.7. The Morgan fingerprint density at radius 2 is 2.06 bits per heavy atom. The fourth-order valence-corrected chi connectivity index (χ4v) is 1.97. The van der Waals surface area contributed by atoms with Gasteiger partial charge in [-0.25, -0.2) is 0 Å². The SMILES string of the molecule is NC(CNC1CCC1)c1cccc(C(F)(F)F)c1. The molecular formula is C13H17F3N2. The van der Waals surface area contributed by atoms with E-state index < -0.39 is 17.8 Å². The molecule has 2 rings (SSSR count). The number of alkyl halides is 3. The molecule has 1 unspecified atom stereocenters. The average molecular weight is 258 g/mol. The lowest BCUT2D eigenvalue weighted by atomic mass is 9.92. The van der Waals surface area contributed by atoms with Crippen molar-refractivity contribution in [2.45, 2.75) is 37.5 Å². The number of halogens is 3. The normalized spacial score (nSPS) is 18.4. The maximum atomic E-state index is 12.6. The van der Waals surface area contributed by atoms with Crippen LogP contribution in [-0.2, 0) is 6.18 Å². The second kappa shape index (κ2) is 5.28. The summed E-state index contributed by atoms with van der Waals surface area (Å²) in [5, 5.41) is 3.27. The molecule has 100 valence electrons. The van der Waals surface area contributed by atoms with Gasteiger partial charge in [-0.2, -0.15) is 13.2 Å². The second-order valence-corrected chi connectivity index (χ2v) is 4.77. The van der Waals surface area contributed by atoms with Gasteiger partial charge in [0.25, 0.3) is 0 Å². The number of nitrogens with one attached hydrogen (secondary N) is 1. The molecule has 1 atom stereocenters. The average Bonchev–Trinajstić information content (AvgIpc) is 2.26. The summed E-state index contributed by atoms with van der Waals surface area (Å²) >= 11 is 0. The van der Waals surface area contributed by atoms with E-state index in [0.29, 0.717) is 18.2 Å². The molecule has 0 spiro atoms. The van der Waals surface area contributed by atoms with Crippen LogP contribution >= 0.6 is 0 Å². The van der Waals surface area contributed by atoms with Gasteiger partial charge in [0.2, 0.25) is 0 Å². The van der Waals surface area contributed by atoms with Crippen molar-refractivity contribution in [2.75, 3.05) is 6.54 Å². The zero-order valence-electron chi connectivity index (χ0n) is 10.0. The fourth-order valence-electron chi connectivity index (χ4n) is 1.97. The Morgan fingerprint density at radius 1 is 1.33 bits per heavy atom. The Bertz CT molecular complexity index is 399. The predicted octanol–water partition coefficient (Wildman–Crippen LogP) is 2.85. The molecule has 1 aromatic carbocycles. The minimum atomic E-state index is -4.31. The number of benzene rings is 1. The number of hydrogen-bond acceptors (Lipinski definition) is 2. The molecule has 1 saturated carbocycles. The van der Waals surface area contributed by atoms with Gasteiger partial charge in [-0.1, -0.05) is 18.6 Å². The van der Waals surface area contributed by atoms with E-state index in [0.717, 1.165) is 25.0 Å². The third kappa shape index (κ3) is 3.23. The van der Waals surface area contributed by atoms with Gasteiger partial charge < -0.3 is 11.1 Å².